The average molecular weight is 255 g/mol. The molecule has 0 unspecified atom stereocenters. The van der Waals surface area contributed by atoms with Crippen LogP contribution >= 0.6 is 0 Å². The van der Waals surface area contributed by atoms with Gasteiger partial charge in [-0.25, -0.2) is 8.78 Å². The molecule has 1 saturated heterocycles. The molecule has 0 aliphatic carbocycles. The quantitative estimate of drug-likeness (QED) is 0.893. The molecule has 1 aliphatic heterocycles. The maximum absolute atomic E-state index is 13.3. The third-order valence-electron chi connectivity index (χ3n) is 3.27. The van der Waals surface area contributed by atoms with Crippen LogP contribution in [0.2, 0.25) is 0 Å². The summed E-state index contributed by atoms with van der Waals surface area (Å²) in [6, 6.07) is 7.81. The van der Waals surface area contributed by atoms with Crippen molar-refractivity contribution in [1.29, 1.82) is 0 Å². The first-order valence-corrected chi connectivity index (χ1v) is 6.38. The van der Waals surface area contributed by atoms with Crippen molar-refractivity contribution in [3.63, 3.8) is 0 Å². The van der Waals surface area contributed by atoms with Crippen LogP contribution in [0.4, 0.5) is 8.78 Å². The van der Waals surface area contributed by atoms with E-state index in [9.17, 15) is 8.78 Å². The molecule has 1 heterocycles. The van der Waals surface area contributed by atoms with E-state index in [4.69, 9.17) is 5.11 Å². The lowest BCUT2D eigenvalue weighted by atomic mass is 10.0. The summed E-state index contributed by atoms with van der Waals surface area (Å²) >= 11 is 0. The third kappa shape index (κ3) is 3.75. The van der Waals surface area contributed by atoms with Crippen molar-refractivity contribution in [3.05, 3.63) is 35.4 Å². The number of hydrogen-bond acceptors (Lipinski definition) is 2. The van der Waals surface area contributed by atoms with Crippen molar-refractivity contribution < 1.29 is 13.9 Å². The summed E-state index contributed by atoms with van der Waals surface area (Å²) in [5.74, 6) is -2.54. The van der Waals surface area contributed by atoms with Crippen molar-refractivity contribution in [3.8, 4) is 0 Å². The van der Waals surface area contributed by atoms with Crippen LogP contribution in [0.5, 0.6) is 0 Å². The van der Waals surface area contributed by atoms with Gasteiger partial charge in [-0.15, -0.1) is 0 Å². The summed E-state index contributed by atoms with van der Waals surface area (Å²) in [6.07, 6.45) is 1.18. The third-order valence-corrected chi connectivity index (χ3v) is 3.27. The number of alkyl halides is 2. The van der Waals surface area contributed by atoms with Crippen LogP contribution in [0.1, 0.15) is 24.0 Å². The lowest BCUT2D eigenvalue weighted by molar-refractivity contribution is -0.0661. The van der Waals surface area contributed by atoms with E-state index in [1.807, 2.05) is 29.2 Å². The molecule has 1 aromatic rings. The number of rotatable bonds is 4. The Hall–Kier alpha value is -1.00. The highest BCUT2D eigenvalue weighted by molar-refractivity contribution is 5.23. The van der Waals surface area contributed by atoms with Gasteiger partial charge in [-0.05, 0) is 30.5 Å². The lowest BCUT2D eigenvalue weighted by Crippen LogP contribution is -2.42. The topological polar surface area (TPSA) is 23.5 Å². The van der Waals surface area contributed by atoms with Crippen molar-refractivity contribution in [2.45, 2.75) is 31.7 Å². The highest BCUT2D eigenvalue weighted by Gasteiger charge is 2.34. The van der Waals surface area contributed by atoms with Crippen LogP contribution in [-0.4, -0.2) is 35.6 Å². The van der Waals surface area contributed by atoms with Crippen LogP contribution in [0, 0.1) is 0 Å². The van der Waals surface area contributed by atoms with Crippen LogP contribution in [0.25, 0.3) is 0 Å². The Balaban J connectivity index is 1.98. The average Bonchev–Trinajstić information content (AvgIpc) is 2.28. The Morgan fingerprint density at radius 3 is 2.78 bits per heavy atom. The molecule has 4 heteroatoms. The molecular weight excluding hydrogens is 236 g/mol. The molecule has 0 bridgehead atoms. The van der Waals surface area contributed by atoms with Gasteiger partial charge in [-0.3, -0.25) is 4.90 Å². The zero-order valence-corrected chi connectivity index (χ0v) is 10.4. The standard InChI is InChI=1S/C14H19F2NO/c15-14(16)6-2-7-17(11-14)10-13-4-1-3-12(9-13)5-8-18/h1,3-4,9,18H,2,5-8,10-11H2. The number of benzene rings is 1. The Labute approximate surface area is 106 Å². The minimum atomic E-state index is -2.54. The van der Waals surface area contributed by atoms with Crippen molar-refractivity contribution in [1.82, 2.24) is 4.90 Å². The molecule has 0 atom stereocenters. The van der Waals surface area contributed by atoms with Gasteiger partial charge in [0.15, 0.2) is 0 Å². The summed E-state index contributed by atoms with van der Waals surface area (Å²) in [5.41, 5.74) is 2.09. The molecule has 1 aromatic carbocycles. The summed E-state index contributed by atoms with van der Waals surface area (Å²) in [5, 5.41) is 8.89. The van der Waals surface area contributed by atoms with Crippen LogP contribution in [0.3, 0.4) is 0 Å². The predicted octanol–water partition coefficient (Wildman–Crippen LogP) is 2.45. The number of aliphatic hydroxyl groups excluding tert-OH is 1. The summed E-state index contributed by atoms with van der Waals surface area (Å²) in [4.78, 5) is 1.81. The van der Waals surface area contributed by atoms with Gasteiger partial charge in [-0.2, -0.15) is 0 Å². The summed E-state index contributed by atoms with van der Waals surface area (Å²) in [6.45, 7) is 1.27. The molecule has 0 saturated carbocycles. The highest BCUT2D eigenvalue weighted by atomic mass is 19.3. The van der Waals surface area contributed by atoms with E-state index < -0.39 is 5.92 Å². The van der Waals surface area contributed by atoms with E-state index in [2.05, 4.69) is 0 Å². The number of aliphatic hydroxyl groups is 1. The molecular formula is C14H19F2NO. The maximum atomic E-state index is 13.3. The molecule has 100 valence electrons. The molecule has 2 nitrogen and oxygen atoms in total. The van der Waals surface area contributed by atoms with E-state index in [0.29, 0.717) is 19.4 Å². The Morgan fingerprint density at radius 1 is 1.28 bits per heavy atom. The number of hydrogen-bond donors (Lipinski definition) is 1. The second-order valence-electron chi connectivity index (χ2n) is 4.96. The fourth-order valence-corrected chi connectivity index (χ4v) is 2.45. The van der Waals surface area contributed by atoms with E-state index in [-0.39, 0.29) is 19.6 Å². The second-order valence-corrected chi connectivity index (χ2v) is 4.96. The first-order chi connectivity index (χ1) is 8.59. The summed E-state index contributed by atoms with van der Waals surface area (Å²) in [7, 11) is 0. The molecule has 0 spiro atoms. The normalized spacial score (nSPS) is 19.9. The van der Waals surface area contributed by atoms with Crippen molar-refractivity contribution in [2.75, 3.05) is 19.7 Å². The van der Waals surface area contributed by atoms with Gasteiger partial charge in [0.05, 0.1) is 6.54 Å². The molecule has 1 N–H and O–H groups in total. The number of piperidine rings is 1. The number of halogens is 2. The molecule has 0 amide bonds. The molecule has 1 aliphatic rings. The van der Waals surface area contributed by atoms with Gasteiger partial charge in [0.1, 0.15) is 0 Å². The number of nitrogens with zero attached hydrogens (tertiary/aromatic N) is 1. The fourth-order valence-electron chi connectivity index (χ4n) is 2.45. The van der Waals surface area contributed by atoms with Crippen molar-refractivity contribution >= 4 is 0 Å². The van der Waals surface area contributed by atoms with Gasteiger partial charge in [-0.1, -0.05) is 24.3 Å². The van der Waals surface area contributed by atoms with Gasteiger partial charge in [0.2, 0.25) is 0 Å². The first kappa shape index (κ1) is 13.4. The van der Waals surface area contributed by atoms with Gasteiger partial charge in [0.25, 0.3) is 5.92 Å². The lowest BCUT2D eigenvalue weighted by Gasteiger charge is -2.32. The zero-order chi connectivity index (χ0) is 13.0. The van der Waals surface area contributed by atoms with E-state index in [1.165, 1.54) is 0 Å². The van der Waals surface area contributed by atoms with E-state index >= 15 is 0 Å². The second kappa shape index (κ2) is 5.76. The Bertz CT molecular complexity index is 395. The van der Waals surface area contributed by atoms with Crippen molar-refractivity contribution in [2.24, 2.45) is 0 Å². The Kier molecular flexibility index (Phi) is 4.30. The van der Waals surface area contributed by atoms with Gasteiger partial charge < -0.3 is 5.11 Å². The predicted molar refractivity (Wildman–Crippen MR) is 66.7 cm³/mol. The first-order valence-electron chi connectivity index (χ1n) is 6.38. The minimum absolute atomic E-state index is 0.00799. The van der Waals surface area contributed by atoms with Crippen LogP contribution in [0.15, 0.2) is 24.3 Å². The van der Waals surface area contributed by atoms with Gasteiger partial charge in [0, 0.05) is 19.6 Å². The molecule has 0 radical (unpaired) electrons. The zero-order valence-electron chi connectivity index (χ0n) is 10.4. The Morgan fingerprint density at radius 2 is 2.06 bits per heavy atom. The molecule has 1 fully saturated rings. The molecule has 2 rings (SSSR count). The largest absolute Gasteiger partial charge is 0.396 e. The van der Waals surface area contributed by atoms with Crippen LogP contribution < -0.4 is 0 Å². The SMILES string of the molecule is OCCc1cccc(CN2CCCC(F)(F)C2)c1. The number of likely N-dealkylation sites (tertiary alicyclic amines) is 1. The smallest absolute Gasteiger partial charge is 0.260 e. The van der Waals surface area contributed by atoms with E-state index in [0.717, 1.165) is 17.7 Å². The molecule has 0 aromatic heterocycles. The van der Waals surface area contributed by atoms with Crippen LogP contribution in [-0.2, 0) is 13.0 Å². The summed E-state index contributed by atoms with van der Waals surface area (Å²) < 4.78 is 26.6. The minimum Gasteiger partial charge on any atom is -0.396 e. The molecule has 18 heavy (non-hydrogen) atoms. The van der Waals surface area contributed by atoms with Gasteiger partial charge >= 0.3 is 0 Å². The maximum Gasteiger partial charge on any atom is 0.260 e. The van der Waals surface area contributed by atoms with E-state index in [1.54, 1.807) is 0 Å². The fraction of sp³-hybridized carbons (Fsp3) is 0.571. The monoisotopic (exact) mass is 255 g/mol. The highest BCUT2D eigenvalue weighted by Crippen LogP contribution is 2.27.